The maximum atomic E-state index is 13.5. The van der Waals surface area contributed by atoms with Crippen molar-refractivity contribution in [2.24, 2.45) is 0 Å². The van der Waals surface area contributed by atoms with Gasteiger partial charge in [0.2, 0.25) is 5.91 Å². The molecule has 0 aliphatic carbocycles. The van der Waals surface area contributed by atoms with Gasteiger partial charge in [-0.3, -0.25) is 14.4 Å². The third-order valence-electron chi connectivity index (χ3n) is 6.72. The smallest absolute Gasteiger partial charge is 0.272 e. The monoisotopic (exact) mass is 662 g/mol. The van der Waals surface area contributed by atoms with Crippen LogP contribution >= 0.6 is 23.4 Å². The van der Waals surface area contributed by atoms with E-state index in [0.29, 0.717) is 40.0 Å². The van der Waals surface area contributed by atoms with Crippen molar-refractivity contribution in [3.63, 3.8) is 0 Å². The lowest BCUT2D eigenvalue weighted by molar-refractivity contribution is -0.116. The van der Waals surface area contributed by atoms with Crippen LogP contribution in [0.3, 0.4) is 0 Å². The van der Waals surface area contributed by atoms with Gasteiger partial charge in [0, 0.05) is 22.3 Å². The van der Waals surface area contributed by atoms with Gasteiger partial charge in [0.1, 0.15) is 22.5 Å². The first kappa shape index (κ1) is 33.0. The van der Waals surface area contributed by atoms with Crippen LogP contribution in [0.25, 0.3) is 6.08 Å². The molecule has 47 heavy (non-hydrogen) atoms. The third kappa shape index (κ3) is 9.56. The Morgan fingerprint density at radius 3 is 2.15 bits per heavy atom. The molecule has 0 aliphatic heterocycles. The molecular formula is C37H31ClN4O4S. The summed E-state index contributed by atoms with van der Waals surface area (Å²) in [6.45, 7) is 2.44. The number of ether oxygens (including phenoxy) is 1. The summed E-state index contributed by atoms with van der Waals surface area (Å²) in [5.41, 5.74) is 2.52. The normalized spacial score (nSPS) is 11.7. The van der Waals surface area contributed by atoms with E-state index in [1.54, 1.807) is 78.9 Å². The number of halogens is 1. The second kappa shape index (κ2) is 16.3. The molecule has 1 unspecified atom stereocenters. The predicted octanol–water partition coefficient (Wildman–Crippen LogP) is 8.02. The highest BCUT2D eigenvalue weighted by molar-refractivity contribution is 8.00. The van der Waals surface area contributed by atoms with Crippen LogP contribution in [0.5, 0.6) is 5.75 Å². The van der Waals surface area contributed by atoms with E-state index >= 15 is 0 Å². The van der Waals surface area contributed by atoms with E-state index in [-0.39, 0.29) is 11.6 Å². The molecule has 0 spiro atoms. The Balaban J connectivity index is 1.32. The van der Waals surface area contributed by atoms with Crippen LogP contribution in [0.15, 0.2) is 138 Å². The lowest BCUT2D eigenvalue weighted by atomic mass is 10.1. The second-order valence-corrected chi connectivity index (χ2v) is 11.7. The highest BCUT2D eigenvalue weighted by Crippen LogP contribution is 2.36. The van der Waals surface area contributed by atoms with Crippen molar-refractivity contribution in [3.05, 3.63) is 155 Å². The number of nitrogens with one attached hydrogen (secondary N) is 3. The number of benzene rings is 4. The first-order chi connectivity index (χ1) is 22.9. The molecule has 1 heterocycles. The van der Waals surface area contributed by atoms with Crippen molar-refractivity contribution in [1.82, 2.24) is 10.3 Å². The van der Waals surface area contributed by atoms with Gasteiger partial charge >= 0.3 is 0 Å². The van der Waals surface area contributed by atoms with Gasteiger partial charge in [0.05, 0.1) is 11.6 Å². The van der Waals surface area contributed by atoms with Crippen LogP contribution in [0.4, 0.5) is 11.5 Å². The Morgan fingerprint density at radius 2 is 1.51 bits per heavy atom. The Hall–Kier alpha value is -5.38. The molecule has 10 heteroatoms. The quantitative estimate of drug-likeness (QED) is 0.0922. The van der Waals surface area contributed by atoms with E-state index in [9.17, 15) is 14.4 Å². The molecule has 236 valence electrons. The molecule has 1 aromatic heterocycles. The van der Waals surface area contributed by atoms with Crippen molar-refractivity contribution in [3.8, 4) is 5.75 Å². The van der Waals surface area contributed by atoms with Crippen molar-refractivity contribution >= 4 is 58.7 Å². The van der Waals surface area contributed by atoms with Gasteiger partial charge < -0.3 is 20.7 Å². The first-order valence-corrected chi connectivity index (χ1v) is 16.0. The molecule has 1 atom stereocenters. The Morgan fingerprint density at radius 1 is 0.830 bits per heavy atom. The number of pyridine rings is 1. The van der Waals surface area contributed by atoms with Gasteiger partial charge in [-0.2, -0.15) is 0 Å². The van der Waals surface area contributed by atoms with Crippen LogP contribution in [0, 0.1) is 0 Å². The largest absolute Gasteiger partial charge is 0.494 e. The average molecular weight is 663 g/mol. The zero-order valence-corrected chi connectivity index (χ0v) is 26.9. The fourth-order valence-electron chi connectivity index (χ4n) is 4.43. The van der Waals surface area contributed by atoms with E-state index < -0.39 is 17.1 Å². The molecule has 5 aromatic rings. The standard InChI is InChI=1S/C37H31ClN4O4S/c1-2-46-30-18-13-25(14-19-30)23-32(41-35(43)27-11-7-4-8-12-27)36(44)40-29-16-20-31(21-17-29)47-34(26-9-5-3-6-10-26)37(45)42-33-22-15-28(38)24-39-33/h3-24,34H,2H2,1H3,(H,40,44)(H,41,43)(H,39,42,45)/b32-23-. The minimum Gasteiger partial charge on any atom is -0.494 e. The van der Waals surface area contributed by atoms with Gasteiger partial charge in [-0.25, -0.2) is 4.98 Å². The molecule has 0 fully saturated rings. The number of rotatable bonds is 12. The third-order valence-corrected chi connectivity index (χ3v) is 8.21. The summed E-state index contributed by atoms with van der Waals surface area (Å²) in [7, 11) is 0. The molecule has 0 aliphatic rings. The van der Waals surface area contributed by atoms with E-state index in [1.165, 1.54) is 18.0 Å². The van der Waals surface area contributed by atoms with Gasteiger partial charge in [-0.1, -0.05) is 72.3 Å². The fraction of sp³-hybridized carbons (Fsp3) is 0.0811. The van der Waals surface area contributed by atoms with Gasteiger partial charge in [0.15, 0.2) is 0 Å². The fourth-order valence-corrected chi connectivity index (χ4v) is 5.57. The van der Waals surface area contributed by atoms with Crippen LogP contribution in [-0.2, 0) is 9.59 Å². The number of hydrogen-bond acceptors (Lipinski definition) is 6. The topological polar surface area (TPSA) is 109 Å². The summed E-state index contributed by atoms with van der Waals surface area (Å²) in [5.74, 6) is -0.0566. The van der Waals surface area contributed by atoms with Crippen LogP contribution in [-0.4, -0.2) is 29.3 Å². The molecular weight excluding hydrogens is 632 g/mol. The molecule has 3 amide bonds. The summed E-state index contributed by atoms with van der Waals surface area (Å²) in [4.78, 5) is 44.8. The van der Waals surface area contributed by atoms with Crippen molar-refractivity contribution < 1.29 is 19.1 Å². The van der Waals surface area contributed by atoms with Crippen LogP contribution in [0.2, 0.25) is 5.02 Å². The predicted molar refractivity (Wildman–Crippen MR) is 187 cm³/mol. The number of carbonyl (C=O) groups excluding carboxylic acids is 3. The maximum absolute atomic E-state index is 13.5. The Kier molecular flexibility index (Phi) is 11.4. The number of carbonyl (C=O) groups is 3. The van der Waals surface area contributed by atoms with Gasteiger partial charge in [0.25, 0.3) is 11.8 Å². The lowest BCUT2D eigenvalue weighted by Crippen LogP contribution is -2.30. The number of amides is 3. The maximum Gasteiger partial charge on any atom is 0.272 e. The summed E-state index contributed by atoms with van der Waals surface area (Å²) >= 11 is 7.30. The van der Waals surface area contributed by atoms with E-state index in [1.807, 2.05) is 55.5 Å². The number of hydrogen-bond donors (Lipinski definition) is 3. The summed E-state index contributed by atoms with van der Waals surface area (Å²) in [6, 6.07) is 35.8. The number of thioether (sulfide) groups is 1. The van der Waals surface area contributed by atoms with Gasteiger partial charge in [-0.05, 0) is 84.8 Å². The van der Waals surface area contributed by atoms with Crippen molar-refractivity contribution in [2.45, 2.75) is 17.1 Å². The number of aromatic nitrogens is 1. The highest BCUT2D eigenvalue weighted by Gasteiger charge is 2.23. The highest BCUT2D eigenvalue weighted by atomic mass is 35.5. The summed E-state index contributed by atoms with van der Waals surface area (Å²) in [6.07, 6.45) is 3.08. The van der Waals surface area contributed by atoms with Crippen LogP contribution in [0.1, 0.15) is 33.7 Å². The van der Waals surface area contributed by atoms with E-state index in [2.05, 4.69) is 20.9 Å². The minimum atomic E-state index is -0.578. The molecule has 0 saturated heterocycles. The van der Waals surface area contributed by atoms with Gasteiger partial charge in [-0.15, -0.1) is 11.8 Å². The Bertz CT molecular complexity index is 1830. The van der Waals surface area contributed by atoms with Crippen LogP contribution < -0.4 is 20.7 Å². The van der Waals surface area contributed by atoms with E-state index in [0.717, 1.165) is 10.5 Å². The lowest BCUT2D eigenvalue weighted by Gasteiger charge is -2.17. The zero-order chi connectivity index (χ0) is 33.0. The second-order valence-electron chi connectivity index (χ2n) is 10.1. The Labute approximate surface area is 282 Å². The zero-order valence-electron chi connectivity index (χ0n) is 25.4. The SMILES string of the molecule is CCOc1ccc(/C=C(\NC(=O)c2ccccc2)C(=O)Nc2ccc(SC(C(=O)Nc3ccc(Cl)cn3)c3ccccc3)cc2)cc1. The molecule has 0 saturated carbocycles. The summed E-state index contributed by atoms with van der Waals surface area (Å²) < 4.78 is 5.52. The van der Waals surface area contributed by atoms with Crippen molar-refractivity contribution in [1.29, 1.82) is 0 Å². The van der Waals surface area contributed by atoms with E-state index in [4.69, 9.17) is 16.3 Å². The summed E-state index contributed by atoms with van der Waals surface area (Å²) in [5, 5.41) is 8.38. The molecule has 3 N–H and O–H groups in total. The molecule has 5 rings (SSSR count). The average Bonchev–Trinajstić information content (AvgIpc) is 3.10. The molecule has 4 aromatic carbocycles. The molecule has 0 bridgehead atoms. The first-order valence-electron chi connectivity index (χ1n) is 14.7. The number of anilines is 2. The minimum absolute atomic E-state index is 0.0677. The molecule has 0 radical (unpaired) electrons. The number of nitrogens with zero attached hydrogens (tertiary/aromatic N) is 1. The van der Waals surface area contributed by atoms with Crippen molar-refractivity contribution in [2.75, 3.05) is 17.2 Å². The molecule has 8 nitrogen and oxygen atoms in total.